The zero-order valence-electron chi connectivity index (χ0n) is 22.5. The summed E-state index contributed by atoms with van der Waals surface area (Å²) in [4.78, 5) is 17.7. The fourth-order valence-electron chi connectivity index (χ4n) is 5.77. The van der Waals surface area contributed by atoms with Gasteiger partial charge in [-0.25, -0.2) is 4.79 Å². The van der Waals surface area contributed by atoms with Crippen LogP contribution in [-0.4, -0.2) is 36.3 Å². The predicted molar refractivity (Wildman–Crippen MR) is 154 cm³/mol. The molecule has 1 aliphatic heterocycles. The fourth-order valence-corrected chi connectivity index (χ4v) is 7.17. The molecule has 0 radical (unpaired) electrons. The number of hydrogen-bond donors (Lipinski definition) is 1. The van der Waals surface area contributed by atoms with Crippen molar-refractivity contribution in [3.63, 3.8) is 0 Å². The maximum Gasteiger partial charge on any atom is 0.323 e. The number of thiophene rings is 1. The van der Waals surface area contributed by atoms with Gasteiger partial charge < -0.3 is 29.0 Å². The Balaban J connectivity index is 1.47. The van der Waals surface area contributed by atoms with E-state index in [1.165, 1.54) is 33.8 Å². The van der Waals surface area contributed by atoms with E-state index in [-0.39, 0.29) is 12.1 Å². The molecule has 4 aromatic rings. The van der Waals surface area contributed by atoms with Crippen molar-refractivity contribution in [2.45, 2.75) is 45.2 Å². The molecule has 2 aromatic carbocycles. The molecule has 0 spiro atoms. The number of aryl methyl sites for hydroxylation is 1. The SMILES string of the molecule is CCOc1cccc([C@@H]2c3cccn3-c3sc4c(c3CN2C(=O)Nc2ccc(OC)cc2OC)CCCC4)c1. The molecule has 202 valence electrons. The van der Waals surface area contributed by atoms with Gasteiger partial charge in [-0.15, -0.1) is 11.3 Å². The zero-order chi connectivity index (χ0) is 26.9. The number of carbonyl (C=O) groups excluding carboxylic acids is 1. The van der Waals surface area contributed by atoms with Crippen LogP contribution in [0.3, 0.4) is 0 Å². The first-order valence-corrected chi connectivity index (χ1v) is 14.3. The van der Waals surface area contributed by atoms with E-state index in [4.69, 9.17) is 14.2 Å². The number of ether oxygens (including phenoxy) is 3. The van der Waals surface area contributed by atoms with E-state index in [0.29, 0.717) is 30.3 Å². The smallest absolute Gasteiger partial charge is 0.323 e. The van der Waals surface area contributed by atoms with Crippen LogP contribution in [0, 0.1) is 0 Å². The van der Waals surface area contributed by atoms with Crippen LogP contribution >= 0.6 is 11.3 Å². The Morgan fingerprint density at radius 3 is 2.69 bits per heavy atom. The summed E-state index contributed by atoms with van der Waals surface area (Å²) < 4.78 is 19.1. The van der Waals surface area contributed by atoms with Crippen molar-refractivity contribution in [3.05, 3.63) is 88.1 Å². The van der Waals surface area contributed by atoms with Crippen molar-refractivity contribution < 1.29 is 19.0 Å². The average Bonchev–Trinajstić information content (AvgIpc) is 3.55. The maximum absolute atomic E-state index is 14.3. The summed E-state index contributed by atoms with van der Waals surface area (Å²) in [7, 11) is 3.20. The van der Waals surface area contributed by atoms with E-state index in [9.17, 15) is 4.79 Å². The molecule has 1 N–H and O–H groups in total. The minimum atomic E-state index is -0.316. The first-order chi connectivity index (χ1) is 19.1. The van der Waals surface area contributed by atoms with Gasteiger partial charge in [-0.1, -0.05) is 12.1 Å². The molecule has 1 aliphatic carbocycles. The second kappa shape index (κ2) is 10.7. The third-order valence-electron chi connectivity index (χ3n) is 7.57. The minimum Gasteiger partial charge on any atom is -0.497 e. The largest absolute Gasteiger partial charge is 0.497 e. The Morgan fingerprint density at radius 1 is 1.00 bits per heavy atom. The topological polar surface area (TPSA) is 65.0 Å². The van der Waals surface area contributed by atoms with Crippen LogP contribution in [0.25, 0.3) is 5.00 Å². The molecule has 0 bridgehead atoms. The molecule has 3 heterocycles. The highest BCUT2D eigenvalue weighted by Gasteiger charge is 2.36. The van der Waals surface area contributed by atoms with Crippen LogP contribution in [-0.2, 0) is 19.4 Å². The van der Waals surface area contributed by atoms with Gasteiger partial charge in [0.15, 0.2) is 0 Å². The number of benzene rings is 2. The van der Waals surface area contributed by atoms with Gasteiger partial charge in [0.1, 0.15) is 22.2 Å². The molecule has 39 heavy (non-hydrogen) atoms. The number of amides is 2. The number of aromatic nitrogens is 1. The molecule has 6 rings (SSSR count). The second-order valence-electron chi connectivity index (χ2n) is 9.83. The summed E-state index contributed by atoms with van der Waals surface area (Å²) in [6.07, 6.45) is 6.70. The third-order valence-corrected chi connectivity index (χ3v) is 8.91. The van der Waals surface area contributed by atoms with E-state index < -0.39 is 0 Å². The van der Waals surface area contributed by atoms with Crippen LogP contribution in [0.15, 0.2) is 60.8 Å². The molecule has 8 heteroatoms. The number of urea groups is 1. The van der Waals surface area contributed by atoms with E-state index >= 15 is 0 Å². The van der Waals surface area contributed by atoms with Crippen LogP contribution < -0.4 is 19.5 Å². The Bertz CT molecular complexity index is 1510. The van der Waals surface area contributed by atoms with Gasteiger partial charge in [-0.05, 0) is 80.1 Å². The standard InChI is InChI=1S/C31H33N3O4S/c1-4-38-22-10-7-9-20(17-22)29-26-12-8-16-33(26)30-24(23-11-5-6-13-28(23)39-30)19-34(29)31(35)32-25-15-14-21(36-2)18-27(25)37-3/h7-10,12,14-18,29H,4-6,11,13,19H2,1-3H3,(H,32,35)/t29-/m1/s1. The van der Waals surface area contributed by atoms with E-state index in [1.54, 1.807) is 20.3 Å². The van der Waals surface area contributed by atoms with Crippen LogP contribution in [0.1, 0.15) is 53.1 Å². The van der Waals surface area contributed by atoms with Gasteiger partial charge in [0, 0.05) is 22.7 Å². The van der Waals surface area contributed by atoms with Gasteiger partial charge in [0.2, 0.25) is 0 Å². The maximum atomic E-state index is 14.3. The lowest BCUT2D eigenvalue weighted by Gasteiger charge is -2.32. The lowest BCUT2D eigenvalue weighted by atomic mass is 9.95. The first kappa shape index (κ1) is 25.4. The van der Waals surface area contributed by atoms with Gasteiger partial charge in [-0.2, -0.15) is 0 Å². The van der Waals surface area contributed by atoms with Crippen molar-refractivity contribution in [3.8, 4) is 22.2 Å². The summed E-state index contributed by atoms with van der Waals surface area (Å²) in [5.74, 6) is 2.00. The van der Waals surface area contributed by atoms with Crippen molar-refractivity contribution in [2.75, 3.05) is 26.1 Å². The Kier molecular flexibility index (Phi) is 6.95. The summed E-state index contributed by atoms with van der Waals surface area (Å²) in [6, 6.07) is 17.2. The molecule has 0 saturated carbocycles. The quantitative estimate of drug-likeness (QED) is 0.285. The zero-order valence-corrected chi connectivity index (χ0v) is 23.3. The lowest BCUT2D eigenvalue weighted by Crippen LogP contribution is -2.38. The number of anilines is 1. The molecular formula is C31H33N3O4S. The molecule has 0 saturated heterocycles. The van der Waals surface area contributed by atoms with Crippen molar-refractivity contribution in [1.29, 1.82) is 0 Å². The predicted octanol–water partition coefficient (Wildman–Crippen LogP) is 6.97. The molecule has 2 aromatic heterocycles. The number of nitrogens with one attached hydrogen (secondary N) is 1. The number of hydrogen-bond acceptors (Lipinski definition) is 5. The van der Waals surface area contributed by atoms with Gasteiger partial charge in [0.25, 0.3) is 0 Å². The second-order valence-corrected chi connectivity index (χ2v) is 10.9. The van der Waals surface area contributed by atoms with Crippen molar-refractivity contribution in [1.82, 2.24) is 9.47 Å². The Labute approximate surface area is 232 Å². The highest BCUT2D eigenvalue weighted by atomic mass is 32.1. The molecule has 2 aliphatic rings. The number of carbonyl (C=O) groups is 1. The Morgan fingerprint density at radius 2 is 1.87 bits per heavy atom. The first-order valence-electron chi connectivity index (χ1n) is 13.4. The summed E-state index contributed by atoms with van der Waals surface area (Å²) in [5, 5.41) is 4.37. The van der Waals surface area contributed by atoms with Gasteiger partial charge in [0.05, 0.1) is 44.8 Å². The van der Waals surface area contributed by atoms with Crippen molar-refractivity contribution >= 4 is 23.1 Å². The Hall–Kier alpha value is -3.91. The average molecular weight is 544 g/mol. The van der Waals surface area contributed by atoms with Gasteiger partial charge >= 0.3 is 6.03 Å². The number of nitrogens with zero attached hydrogens (tertiary/aromatic N) is 2. The molecule has 1 atom stereocenters. The fraction of sp³-hybridized carbons (Fsp3) is 0.323. The van der Waals surface area contributed by atoms with Crippen LogP contribution in [0.2, 0.25) is 0 Å². The lowest BCUT2D eigenvalue weighted by molar-refractivity contribution is 0.194. The van der Waals surface area contributed by atoms with Crippen LogP contribution in [0.5, 0.6) is 17.2 Å². The summed E-state index contributed by atoms with van der Waals surface area (Å²) in [5.41, 5.74) is 5.33. The highest BCUT2D eigenvalue weighted by Crippen LogP contribution is 2.44. The van der Waals surface area contributed by atoms with E-state index in [2.05, 4.69) is 40.3 Å². The normalized spacial score (nSPS) is 16.0. The van der Waals surface area contributed by atoms with E-state index in [0.717, 1.165) is 29.8 Å². The molecule has 7 nitrogen and oxygen atoms in total. The van der Waals surface area contributed by atoms with E-state index in [1.807, 2.05) is 47.4 Å². The summed E-state index contributed by atoms with van der Waals surface area (Å²) >= 11 is 1.88. The third kappa shape index (κ3) is 4.63. The van der Waals surface area contributed by atoms with Crippen LogP contribution in [0.4, 0.5) is 10.5 Å². The molecule has 0 unspecified atom stereocenters. The number of fused-ring (bicyclic) bond motifs is 5. The summed E-state index contributed by atoms with van der Waals surface area (Å²) in [6.45, 7) is 3.07. The minimum absolute atomic E-state index is 0.193. The monoisotopic (exact) mass is 543 g/mol. The molecular weight excluding hydrogens is 510 g/mol. The molecule has 2 amide bonds. The molecule has 0 fully saturated rings. The van der Waals surface area contributed by atoms with Crippen molar-refractivity contribution in [2.24, 2.45) is 0 Å². The van der Waals surface area contributed by atoms with Gasteiger partial charge in [-0.3, -0.25) is 0 Å². The number of methoxy groups -OCH3 is 2. The highest BCUT2D eigenvalue weighted by molar-refractivity contribution is 7.15. The number of rotatable bonds is 6.